The zero-order valence-corrected chi connectivity index (χ0v) is 16.8. The van der Waals surface area contributed by atoms with Crippen molar-refractivity contribution in [3.05, 3.63) is 99.1 Å². The first-order valence-electron chi connectivity index (χ1n) is 9.74. The molecule has 6 nitrogen and oxygen atoms in total. The van der Waals surface area contributed by atoms with Crippen LogP contribution in [-0.4, -0.2) is 15.9 Å². The van der Waals surface area contributed by atoms with Crippen molar-refractivity contribution < 1.29 is 14.8 Å². The van der Waals surface area contributed by atoms with E-state index in [0.29, 0.717) is 6.42 Å². The van der Waals surface area contributed by atoms with Crippen molar-refractivity contribution in [2.45, 2.75) is 25.7 Å². The molecule has 6 heteroatoms. The lowest BCUT2D eigenvalue weighted by molar-refractivity contribution is -0.384. The Bertz CT molecular complexity index is 1080. The summed E-state index contributed by atoms with van der Waals surface area (Å²) < 4.78 is 0. The van der Waals surface area contributed by atoms with Crippen LogP contribution in [0.25, 0.3) is 0 Å². The van der Waals surface area contributed by atoms with Crippen molar-refractivity contribution >= 4 is 17.3 Å². The number of aryl methyl sites for hydroxylation is 2. The van der Waals surface area contributed by atoms with Gasteiger partial charge < -0.3 is 10.4 Å². The van der Waals surface area contributed by atoms with Gasteiger partial charge in [-0.15, -0.1) is 0 Å². The molecule has 0 spiro atoms. The summed E-state index contributed by atoms with van der Waals surface area (Å²) in [5.41, 5.74) is 3.95. The number of nitrogens with zero attached hydrogens (tertiary/aromatic N) is 1. The van der Waals surface area contributed by atoms with Crippen molar-refractivity contribution in [3.63, 3.8) is 0 Å². The van der Waals surface area contributed by atoms with Crippen LogP contribution in [-0.2, 0) is 10.2 Å². The van der Waals surface area contributed by atoms with E-state index in [-0.39, 0.29) is 28.9 Å². The summed E-state index contributed by atoms with van der Waals surface area (Å²) in [6.45, 7) is 4.05. The summed E-state index contributed by atoms with van der Waals surface area (Å²) in [5, 5.41) is 23.7. The van der Waals surface area contributed by atoms with E-state index in [1.807, 2.05) is 38.1 Å². The summed E-state index contributed by atoms with van der Waals surface area (Å²) in [4.78, 5) is 23.4. The van der Waals surface area contributed by atoms with Crippen LogP contribution in [0.5, 0.6) is 5.75 Å². The zero-order chi connectivity index (χ0) is 21.5. The van der Waals surface area contributed by atoms with Gasteiger partial charge in [0.2, 0.25) is 5.91 Å². The zero-order valence-electron chi connectivity index (χ0n) is 16.8. The lowest BCUT2D eigenvalue weighted by atomic mass is 9.85. The van der Waals surface area contributed by atoms with E-state index >= 15 is 0 Å². The summed E-state index contributed by atoms with van der Waals surface area (Å²) in [6.07, 6.45) is 0.651. The van der Waals surface area contributed by atoms with E-state index in [1.165, 1.54) is 12.1 Å². The van der Waals surface area contributed by atoms with Crippen LogP contribution in [0.4, 0.5) is 11.4 Å². The number of phenolic OH excluding ortho intramolecular Hbond substituents is 1. The SMILES string of the molecule is Cc1ccc(C2(c3ccc(C)cc3)C[C@@H]2C(=O)Nc2ccc([N+](=O)[O-])cc2O)cc1. The fourth-order valence-corrected chi connectivity index (χ4v) is 4.05. The molecule has 152 valence electrons. The smallest absolute Gasteiger partial charge is 0.273 e. The highest BCUT2D eigenvalue weighted by molar-refractivity contribution is 5.98. The Hall–Kier alpha value is -3.67. The molecule has 1 aliphatic rings. The highest BCUT2D eigenvalue weighted by Crippen LogP contribution is 2.59. The molecule has 0 aromatic heterocycles. The molecule has 0 unspecified atom stereocenters. The second-order valence-electron chi connectivity index (χ2n) is 7.91. The van der Waals surface area contributed by atoms with E-state index in [2.05, 4.69) is 29.6 Å². The Morgan fingerprint density at radius 2 is 1.53 bits per heavy atom. The molecule has 1 fully saturated rings. The maximum Gasteiger partial charge on any atom is 0.273 e. The number of hydrogen-bond acceptors (Lipinski definition) is 4. The molecule has 1 aliphatic carbocycles. The molecule has 3 aromatic carbocycles. The maximum atomic E-state index is 13.1. The van der Waals surface area contributed by atoms with Crippen LogP contribution in [0.3, 0.4) is 0 Å². The van der Waals surface area contributed by atoms with Crippen molar-refractivity contribution in [3.8, 4) is 5.75 Å². The quantitative estimate of drug-likeness (QED) is 0.362. The van der Waals surface area contributed by atoms with Gasteiger partial charge in [-0.2, -0.15) is 0 Å². The summed E-state index contributed by atoms with van der Waals surface area (Å²) >= 11 is 0. The summed E-state index contributed by atoms with van der Waals surface area (Å²) in [5.74, 6) is -0.854. The van der Waals surface area contributed by atoms with Gasteiger partial charge in [0.15, 0.2) is 0 Å². The number of aromatic hydroxyl groups is 1. The highest BCUT2D eigenvalue weighted by atomic mass is 16.6. The largest absolute Gasteiger partial charge is 0.506 e. The van der Waals surface area contributed by atoms with Crippen LogP contribution >= 0.6 is 0 Å². The number of amides is 1. The minimum Gasteiger partial charge on any atom is -0.506 e. The monoisotopic (exact) mass is 402 g/mol. The van der Waals surface area contributed by atoms with Crippen molar-refractivity contribution in [1.29, 1.82) is 0 Å². The Labute approximate surface area is 174 Å². The first-order valence-corrected chi connectivity index (χ1v) is 9.74. The van der Waals surface area contributed by atoms with Gasteiger partial charge >= 0.3 is 0 Å². The minimum atomic E-state index is -0.591. The molecule has 1 saturated carbocycles. The third-order valence-corrected chi connectivity index (χ3v) is 5.86. The van der Waals surface area contributed by atoms with Gasteiger partial charge in [-0.05, 0) is 37.5 Å². The fraction of sp³-hybridized carbons (Fsp3) is 0.208. The third kappa shape index (κ3) is 3.41. The molecule has 0 saturated heterocycles. The Morgan fingerprint density at radius 3 is 2.00 bits per heavy atom. The molecular formula is C24H22N2O4. The number of rotatable bonds is 5. The molecule has 2 N–H and O–H groups in total. The Kier molecular flexibility index (Phi) is 4.78. The lowest BCUT2D eigenvalue weighted by Crippen LogP contribution is -2.22. The van der Waals surface area contributed by atoms with Crippen LogP contribution in [0, 0.1) is 29.9 Å². The normalized spacial score (nSPS) is 16.7. The first kappa shape index (κ1) is 19.6. The second-order valence-corrected chi connectivity index (χ2v) is 7.91. The van der Waals surface area contributed by atoms with Gasteiger partial charge in [-0.1, -0.05) is 59.7 Å². The average molecular weight is 402 g/mol. The number of carbonyl (C=O) groups excluding carboxylic acids is 1. The van der Waals surface area contributed by atoms with Gasteiger partial charge in [-0.25, -0.2) is 0 Å². The molecule has 0 radical (unpaired) electrons. The van der Waals surface area contributed by atoms with Gasteiger partial charge in [0, 0.05) is 11.5 Å². The number of nitro benzene ring substituents is 1. The first-order chi connectivity index (χ1) is 14.3. The molecule has 0 aliphatic heterocycles. The van der Waals surface area contributed by atoms with E-state index in [4.69, 9.17) is 0 Å². The van der Waals surface area contributed by atoms with Crippen molar-refractivity contribution in [2.75, 3.05) is 5.32 Å². The second kappa shape index (κ2) is 7.30. The number of non-ortho nitro benzene ring substituents is 1. The van der Waals surface area contributed by atoms with Crippen LogP contribution < -0.4 is 5.32 Å². The third-order valence-electron chi connectivity index (χ3n) is 5.86. The summed E-state index contributed by atoms with van der Waals surface area (Å²) in [7, 11) is 0. The van der Waals surface area contributed by atoms with Crippen molar-refractivity contribution in [2.24, 2.45) is 5.92 Å². The van der Waals surface area contributed by atoms with E-state index in [1.54, 1.807) is 0 Å². The van der Waals surface area contributed by atoms with Gasteiger partial charge in [0.1, 0.15) is 5.75 Å². The van der Waals surface area contributed by atoms with Gasteiger partial charge in [0.05, 0.1) is 22.6 Å². The van der Waals surface area contributed by atoms with Crippen LogP contribution in [0.15, 0.2) is 66.7 Å². The molecular weight excluding hydrogens is 380 g/mol. The van der Waals surface area contributed by atoms with Gasteiger partial charge in [0.25, 0.3) is 5.69 Å². The molecule has 1 atom stereocenters. The number of nitro groups is 1. The molecule has 0 bridgehead atoms. The lowest BCUT2D eigenvalue weighted by Gasteiger charge is -2.20. The van der Waals surface area contributed by atoms with Crippen molar-refractivity contribution in [1.82, 2.24) is 0 Å². The number of benzene rings is 3. The maximum absolute atomic E-state index is 13.1. The molecule has 4 rings (SSSR count). The Balaban J connectivity index is 1.65. The Morgan fingerprint density at radius 1 is 1.00 bits per heavy atom. The predicted molar refractivity (Wildman–Crippen MR) is 115 cm³/mol. The molecule has 30 heavy (non-hydrogen) atoms. The van der Waals surface area contributed by atoms with Gasteiger partial charge in [-0.3, -0.25) is 14.9 Å². The van der Waals surface area contributed by atoms with E-state index < -0.39 is 10.3 Å². The molecule has 0 heterocycles. The molecule has 3 aromatic rings. The number of phenols is 1. The summed E-state index contributed by atoms with van der Waals surface area (Å²) in [6, 6.07) is 20.1. The predicted octanol–water partition coefficient (Wildman–Crippen LogP) is 4.86. The van der Waals surface area contributed by atoms with Crippen LogP contribution in [0.2, 0.25) is 0 Å². The van der Waals surface area contributed by atoms with Crippen LogP contribution in [0.1, 0.15) is 28.7 Å². The average Bonchev–Trinajstić information content (AvgIpc) is 3.47. The number of anilines is 1. The highest BCUT2D eigenvalue weighted by Gasteiger charge is 2.60. The number of hydrogen-bond donors (Lipinski definition) is 2. The standard InChI is InChI=1S/C24H22N2O4/c1-15-3-7-17(8-4-15)24(18-9-5-16(2)6-10-18)14-20(24)23(28)25-21-12-11-19(26(29)30)13-22(21)27/h3-13,20,27H,14H2,1-2H3,(H,25,28)/t20-/m1/s1. The topological polar surface area (TPSA) is 92.5 Å². The van der Waals surface area contributed by atoms with E-state index in [0.717, 1.165) is 28.3 Å². The number of nitrogens with one attached hydrogen (secondary N) is 1. The minimum absolute atomic E-state index is 0.166. The number of carbonyl (C=O) groups is 1. The molecule has 1 amide bonds. The van der Waals surface area contributed by atoms with E-state index in [9.17, 15) is 20.0 Å². The fourth-order valence-electron chi connectivity index (χ4n) is 4.05.